The molecule has 0 spiro atoms. The average Bonchev–Trinajstić information content (AvgIpc) is 3.92. The van der Waals surface area contributed by atoms with Gasteiger partial charge in [-0.15, -0.1) is 0 Å². The number of rotatable bonds is 8. The second-order valence-electron chi connectivity index (χ2n) is 19.5. The van der Waals surface area contributed by atoms with E-state index in [9.17, 15) is 10.2 Å². The molecule has 0 saturated carbocycles. The summed E-state index contributed by atoms with van der Waals surface area (Å²) >= 11 is 0. The fourth-order valence-corrected chi connectivity index (χ4v) is 9.20. The molecule has 2 unspecified atom stereocenters. The first kappa shape index (κ1) is 40.8. The molecule has 6 nitrogen and oxygen atoms in total. The Kier molecular flexibility index (Phi) is 10.7. The second kappa shape index (κ2) is 16.0. The largest absolute Gasteiger partial charge is 0.384 e. The Balaban J connectivity index is 1.27. The Bertz CT molecular complexity index is 2880. The molecule has 2 aromatic carbocycles. The van der Waals surface area contributed by atoms with Gasteiger partial charge in [-0.05, 0) is 70.2 Å². The average molecular weight is 809 g/mol. The van der Waals surface area contributed by atoms with Crippen molar-refractivity contribution in [3.8, 4) is 0 Å². The fourth-order valence-electron chi connectivity index (χ4n) is 9.20. The van der Waals surface area contributed by atoms with Crippen LogP contribution in [0.15, 0.2) is 131 Å². The van der Waals surface area contributed by atoms with Crippen LogP contribution in [-0.4, -0.2) is 37.4 Å². The smallest absolute Gasteiger partial charge is 0.108 e. The molecule has 0 amide bonds. The molecular weight excluding hydrogens is 749 g/mol. The number of pyridine rings is 2. The number of aryl methyl sites for hydroxylation is 1. The number of unbranched alkanes of at least 4 members (excludes halogenated alkanes) is 5. The maximum atomic E-state index is 12.4. The summed E-state index contributed by atoms with van der Waals surface area (Å²) in [5.41, 5.74) is 13.4. The molecule has 0 saturated heterocycles. The van der Waals surface area contributed by atoms with Crippen molar-refractivity contribution in [1.82, 2.24) is 20.3 Å². The molecule has 3 aromatic heterocycles. The number of aliphatic hydroxyl groups is 2. The summed E-state index contributed by atoms with van der Waals surface area (Å²) in [6, 6.07) is 25.7. The summed E-state index contributed by atoms with van der Waals surface area (Å²) in [5.74, 6) is 0. The van der Waals surface area contributed by atoms with Gasteiger partial charge in [0.15, 0.2) is 0 Å². The molecule has 5 aromatic rings. The highest BCUT2D eigenvalue weighted by atomic mass is 16.3. The molecule has 5 heterocycles. The van der Waals surface area contributed by atoms with Crippen molar-refractivity contribution < 1.29 is 10.2 Å². The first-order chi connectivity index (χ1) is 29.3. The van der Waals surface area contributed by atoms with Gasteiger partial charge in [0.25, 0.3) is 0 Å². The maximum absolute atomic E-state index is 12.4. The standard InChI is InChI=1S/C55H60N4O2/c1-8-9-10-11-12-13-14-33-15-17-34(18-16-33)49-47-27-25-43(56-47)39-29-37(54(2,3)4)31-41(52(39)60)45-23-21-35-19-20-36-22-24-46(59-51(36)50(35)58-45)42-32-38(55(5,6)7)30-40(53(42)61)44-26-28-48(49)57-44/h15-25,27-32,52-53,56-57,60-61H,8-14,26H2,1-7H3. The monoisotopic (exact) mass is 808 g/mol. The third-order valence-electron chi connectivity index (χ3n) is 13.0. The minimum atomic E-state index is -0.922. The Morgan fingerprint density at radius 1 is 0.607 bits per heavy atom. The summed E-state index contributed by atoms with van der Waals surface area (Å²) in [7, 11) is 0. The molecule has 4 N–H and O–H groups in total. The molecule has 2 aliphatic carbocycles. The van der Waals surface area contributed by atoms with Crippen molar-refractivity contribution in [2.24, 2.45) is 10.8 Å². The van der Waals surface area contributed by atoms with Crippen LogP contribution < -0.4 is 16.0 Å². The first-order valence-corrected chi connectivity index (χ1v) is 22.5. The molecule has 12 bridgehead atoms. The summed E-state index contributed by atoms with van der Waals surface area (Å²) in [5, 5.41) is 32.4. The van der Waals surface area contributed by atoms with Gasteiger partial charge < -0.3 is 20.5 Å². The van der Waals surface area contributed by atoms with E-state index < -0.39 is 12.2 Å². The van der Waals surface area contributed by atoms with E-state index in [0.717, 1.165) is 94.9 Å². The SMILES string of the molecule is CCCCCCCCc1ccc(C2=c3ccc([nH]3)=C3C=C(C(C)(C)C)C=C(c4ccc5ccc6ccc(nc6c5n4)C4=CC(C(C)(C)C)=CC(=C5CC=C2N5)C4O)C3O)cc1. The lowest BCUT2D eigenvalue weighted by atomic mass is 9.78. The lowest BCUT2D eigenvalue weighted by molar-refractivity contribution is 0.267. The minimum absolute atomic E-state index is 0.180. The Hall–Kier alpha value is -5.56. The van der Waals surface area contributed by atoms with E-state index in [2.05, 4.69) is 150 Å². The van der Waals surface area contributed by atoms with Crippen LogP contribution >= 0.6 is 0 Å². The van der Waals surface area contributed by atoms with E-state index in [4.69, 9.17) is 9.97 Å². The number of aromatic nitrogens is 3. The van der Waals surface area contributed by atoms with Crippen LogP contribution in [0, 0.1) is 10.8 Å². The van der Waals surface area contributed by atoms with Crippen LogP contribution in [-0.2, 0) is 6.42 Å². The molecular formula is C55H60N4O2. The molecule has 312 valence electrons. The van der Waals surface area contributed by atoms with Crippen molar-refractivity contribution >= 4 is 44.1 Å². The zero-order chi connectivity index (χ0) is 42.6. The summed E-state index contributed by atoms with van der Waals surface area (Å²) in [6.45, 7) is 15.6. The number of hydrogen-bond donors (Lipinski definition) is 4. The van der Waals surface area contributed by atoms with E-state index in [1.807, 2.05) is 12.1 Å². The van der Waals surface area contributed by atoms with Gasteiger partial charge in [0, 0.05) is 67.2 Å². The number of fused-ring (bicyclic) bond motifs is 12. The number of H-pyrrole nitrogens is 1. The maximum Gasteiger partial charge on any atom is 0.108 e. The molecule has 6 heteroatoms. The topological polar surface area (TPSA) is 94.1 Å². The predicted octanol–water partition coefficient (Wildman–Crippen LogP) is 10.7. The number of benzene rings is 2. The Morgan fingerprint density at radius 2 is 1.15 bits per heavy atom. The minimum Gasteiger partial charge on any atom is -0.384 e. The van der Waals surface area contributed by atoms with Crippen molar-refractivity contribution in [3.05, 3.63) is 165 Å². The van der Waals surface area contributed by atoms with Crippen molar-refractivity contribution in [2.45, 2.75) is 112 Å². The number of aliphatic hydroxyl groups excluding tert-OH is 2. The van der Waals surface area contributed by atoms with Gasteiger partial charge in [-0.3, -0.25) is 0 Å². The van der Waals surface area contributed by atoms with Crippen molar-refractivity contribution in [1.29, 1.82) is 0 Å². The molecule has 61 heavy (non-hydrogen) atoms. The van der Waals surface area contributed by atoms with Gasteiger partial charge in [0.05, 0.1) is 22.4 Å². The lowest BCUT2D eigenvalue weighted by Crippen LogP contribution is -2.27. The summed E-state index contributed by atoms with van der Waals surface area (Å²) in [4.78, 5) is 14.4. The molecule has 2 aliphatic heterocycles. The lowest BCUT2D eigenvalue weighted by Gasteiger charge is -2.30. The normalized spacial score (nSPS) is 19.1. The van der Waals surface area contributed by atoms with Gasteiger partial charge in [0.2, 0.25) is 0 Å². The van der Waals surface area contributed by atoms with Crippen molar-refractivity contribution in [2.75, 3.05) is 0 Å². The third kappa shape index (κ3) is 7.93. The number of hydrogen-bond acceptors (Lipinski definition) is 5. The molecule has 0 radical (unpaired) electrons. The van der Waals surface area contributed by atoms with Gasteiger partial charge >= 0.3 is 0 Å². The van der Waals surface area contributed by atoms with Crippen molar-refractivity contribution in [3.63, 3.8) is 0 Å². The molecule has 4 aliphatic rings. The fraction of sp³-hybridized carbons (Fsp3) is 0.345. The highest BCUT2D eigenvalue weighted by molar-refractivity contribution is 6.04. The predicted molar refractivity (Wildman–Crippen MR) is 252 cm³/mol. The van der Waals surface area contributed by atoms with Crippen LogP contribution in [0.2, 0.25) is 0 Å². The summed E-state index contributed by atoms with van der Waals surface area (Å²) < 4.78 is 0. The highest BCUT2D eigenvalue weighted by Crippen LogP contribution is 2.42. The van der Waals surface area contributed by atoms with E-state index in [1.54, 1.807) is 0 Å². The molecule has 0 fully saturated rings. The second-order valence-corrected chi connectivity index (χ2v) is 19.5. The van der Waals surface area contributed by atoms with E-state index in [-0.39, 0.29) is 10.8 Å². The zero-order valence-electron chi connectivity index (χ0n) is 36.9. The third-order valence-corrected chi connectivity index (χ3v) is 13.0. The molecule has 9 rings (SSSR count). The number of aromatic amines is 1. The van der Waals surface area contributed by atoms with Gasteiger partial charge in [-0.1, -0.05) is 159 Å². The Morgan fingerprint density at radius 3 is 1.75 bits per heavy atom. The van der Waals surface area contributed by atoms with Gasteiger partial charge in [0.1, 0.15) is 12.2 Å². The number of allylic oxidation sites excluding steroid dienone is 6. The van der Waals surface area contributed by atoms with Gasteiger partial charge in [-0.25, -0.2) is 9.97 Å². The summed E-state index contributed by atoms with van der Waals surface area (Å²) in [6.07, 6.45) is 18.4. The van der Waals surface area contributed by atoms with Gasteiger partial charge in [-0.2, -0.15) is 0 Å². The molecule has 2 atom stereocenters. The highest BCUT2D eigenvalue weighted by Gasteiger charge is 2.32. The van der Waals surface area contributed by atoms with Crippen LogP contribution in [0.5, 0.6) is 0 Å². The number of nitrogens with one attached hydrogen (secondary N) is 2. The first-order valence-electron chi connectivity index (χ1n) is 22.5. The van der Waals surface area contributed by atoms with E-state index >= 15 is 0 Å². The van der Waals surface area contributed by atoms with Crippen LogP contribution in [0.4, 0.5) is 0 Å². The van der Waals surface area contributed by atoms with Crippen LogP contribution in [0.1, 0.15) is 116 Å². The van der Waals surface area contributed by atoms with E-state index in [0.29, 0.717) is 17.8 Å². The van der Waals surface area contributed by atoms with Crippen LogP contribution in [0.3, 0.4) is 0 Å². The Labute approximate surface area is 360 Å². The van der Waals surface area contributed by atoms with Crippen LogP contribution in [0.25, 0.3) is 44.1 Å². The quantitative estimate of drug-likeness (QED) is 0.0925. The zero-order valence-corrected chi connectivity index (χ0v) is 36.9. The van der Waals surface area contributed by atoms with E-state index in [1.165, 1.54) is 44.1 Å². The number of nitrogens with zero attached hydrogens (tertiary/aromatic N) is 2.